The fourth-order valence-electron chi connectivity index (χ4n) is 3.83. The van der Waals surface area contributed by atoms with Crippen LogP contribution in [0.3, 0.4) is 0 Å². The molecule has 150 valence electrons. The molecule has 2 aromatic rings. The molecule has 1 fully saturated rings. The van der Waals surface area contributed by atoms with Gasteiger partial charge < -0.3 is 15.0 Å². The van der Waals surface area contributed by atoms with E-state index in [0.717, 1.165) is 32.4 Å². The molecule has 0 bridgehead atoms. The van der Waals surface area contributed by atoms with E-state index in [4.69, 9.17) is 0 Å². The SMILES string of the molecule is C[C@H](C(=O)Nc1ccccc1OC(F)F)[NH+]1CCC(Cc2ccccc2)CC1. The largest absolute Gasteiger partial charge is 0.433 e. The predicted molar refractivity (Wildman–Crippen MR) is 105 cm³/mol. The quantitative estimate of drug-likeness (QED) is 0.764. The van der Waals surface area contributed by atoms with Crippen LogP contribution < -0.4 is 15.0 Å². The lowest BCUT2D eigenvalue weighted by atomic mass is 9.89. The maximum Gasteiger partial charge on any atom is 0.387 e. The van der Waals surface area contributed by atoms with Crippen LogP contribution in [0.25, 0.3) is 0 Å². The van der Waals surface area contributed by atoms with Crippen molar-refractivity contribution >= 4 is 11.6 Å². The zero-order valence-electron chi connectivity index (χ0n) is 16.0. The number of anilines is 1. The average Bonchev–Trinajstić information content (AvgIpc) is 2.70. The van der Waals surface area contributed by atoms with Crippen molar-refractivity contribution in [3.8, 4) is 5.75 Å². The Labute approximate surface area is 164 Å². The maximum atomic E-state index is 12.6. The number of alkyl halides is 2. The smallest absolute Gasteiger partial charge is 0.387 e. The molecule has 3 rings (SSSR count). The first-order valence-electron chi connectivity index (χ1n) is 9.76. The Balaban J connectivity index is 1.52. The van der Waals surface area contributed by atoms with E-state index in [0.29, 0.717) is 5.92 Å². The summed E-state index contributed by atoms with van der Waals surface area (Å²) in [6.07, 6.45) is 3.23. The number of ether oxygens (including phenoxy) is 1. The molecule has 6 heteroatoms. The van der Waals surface area contributed by atoms with Crippen LogP contribution in [0, 0.1) is 5.92 Å². The maximum absolute atomic E-state index is 12.6. The molecule has 0 aliphatic carbocycles. The number of hydrogen-bond acceptors (Lipinski definition) is 2. The number of quaternary nitrogens is 1. The van der Waals surface area contributed by atoms with Gasteiger partial charge in [-0.2, -0.15) is 8.78 Å². The van der Waals surface area contributed by atoms with Crippen molar-refractivity contribution in [3.63, 3.8) is 0 Å². The van der Waals surface area contributed by atoms with Gasteiger partial charge in [-0.15, -0.1) is 0 Å². The minimum absolute atomic E-state index is 0.0189. The molecule has 1 amide bonds. The molecule has 0 aromatic heterocycles. The highest BCUT2D eigenvalue weighted by Gasteiger charge is 2.30. The lowest BCUT2D eigenvalue weighted by molar-refractivity contribution is -0.919. The summed E-state index contributed by atoms with van der Waals surface area (Å²) in [6.45, 7) is 0.825. The normalized spacial score (nSPS) is 20.6. The van der Waals surface area contributed by atoms with Gasteiger partial charge in [-0.1, -0.05) is 42.5 Å². The van der Waals surface area contributed by atoms with E-state index in [9.17, 15) is 13.6 Å². The summed E-state index contributed by atoms with van der Waals surface area (Å²) in [7, 11) is 0. The molecular weight excluding hydrogens is 362 g/mol. The number of likely N-dealkylation sites (tertiary alicyclic amines) is 1. The summed E-state index contributed by atoms with van der Waals surface area (Å²) < 4.78 is 29.6. The second kappa shape index (κ2) is 9.64. The second-order valence-corrected chi connectivity index (χ2v) is 7.38. The molecule has 28 heavy (non-hydrogen) atoms. The topological polar surface area (TPSA) is 42.8 Å². The highest BCUT2D eigenvalue weighted by atomic mass is 19.3. The minimum Gasteiger partial charge on any atom is -0.433 e. The highest BCUT2D eigenvalue weighted by Crippen LogP contribution is 2.25. The van der Waals surface area contributed by atoms with Gasteiger partial charge in [-0.25, -0.2) is 0 Å². The number of nitrogens with one attached hydrogen (secondary N) is 2. The van der Waals surface area contributed by atoms with Gasteiger partial charge in [-0.3, -0.25) is 4.79 Å². The minimum atomic E-state index is -2.93. The fourth-order valence-corrected chi connectivity index (χ4v) is 3.83. The van der Waals surface area contributed by atoms with Crippen molar-refractivity contribution in [1.82, 2.24) is 0 Å². The van der Waals surface area contributed by atoms with Crippen molar-refractivity contribution in [2.24, 2.45) is 5.92 Å². The number of carbonyl (C=O) groups excluding carboxylic acids is 1. The van der Waals surface area contributed by atoms with Crippen LogP contribution in [0.4, 0.5) is 14.5 Å². The third kappa shape index (κ3) is 5.52. The zero-order valence-corrected chi connectivity index (χ0v) is 16.0. The van der Waals surface area contributed by atoms with E-state index < -0.39 is 6.61 Å². The Kier molecular flexibility index (Phi) is 6.98. The number of benzene rings is 2. The van der Waals surface area contributed by atoms with Crippen LogP contribution in [0.5, 0.6) is 5.75 Å². The zero-order chi connectivity index (χ0) is 19.9. The van der Waals surface area contributed by atoms with Crippen molar-refractivity contribution < 1.29 is 23.2 Å². The molecule has 0 radical (unpaired) electrons. The Morgan fingerprint density at radius 1 is 1.11 bits per heavy atom. The van der Waals surface area contributed by atoms with Crippen LogP contribution >= 0.6 is 0 Å². The molecule has 2 N–H and O–H groups in total. The van der Waals surface area contributed by atoms with Gasteiger partial charge in [-0.05, 0) is 49.8 Å². The standard InChI is InChI=1S/C22H26F2N2O2/c1-16(21(27)25-19-9-5-6-10-20(19)28-22(23)24)26-13-11-18(12-14-26)15-17-7-3-2-4-8-17/h2-10,16,18,22H,11-15H2,1H3,(H,25,27)/p+1/t16-/m1/s1. The van der Waals surface area contributed by atoms with Crippen molar-refractivity contribution in [1.29, 1.82) is 0 Å². The second-order valence-electron chi connectivity index (χ2n) is 7.38. The number of rotatable bonds is 7. The van der Waals surface area contributed by atoms with E-state index in [1.54, 1.807) is 18.2 Å². The van der Waals surface area contributed by atoms with E-state index >= 15 is 0 Å². The lowest BCUT2D eigenvalue weighted by Crippen LogP contribution is -3.17. The van der Waals surface area contributed by atoms with Crippen LogP contribution in [-0.4, -0.2) is 31.7 Å². The summed E-state index contributed by atoms with van der Waals surface area (Å²) in [6, 6.07) is 16.5. The van der Waals surface area contributed by atoms with Crippen LogP contribution in [0.15, 0.2) is 54.6 Å². The first-order chi connectivity index (χ1) is 13.5. The van der Waals surface area contributed by atoms with Gasteiger partial charge in [0.15, 0.2) is 6.04 Å². The van der Waals surface area contributed by atoms with Gasteiger partial charge in [0.2, 0.25) is 0 Å². The summed E-state index contributed by atoms with van der Waals surface area (Å²) in [5.74, 6) is 0.443. The number of amides is 1. The van der Waals surface area contributed by atoms with Crippen molar-refractivity contribution in [2.45, 2.75) is 38.8 Å². The molecule has 1 saturated heterocycles. The predicted octanol–water partition coefficient (Wildman–Crippen LogP) is 3.15. The summed E-state index contributed by atoms with van der Waals surface area (Å²) >= 11 is 0. The highest BCUT2D eigenvalue weighted by molar-refractivity contribution is 5.94. The molecule has 1 aliphatic rings. The number of carbonyl (C=O) groups is 1. The van der Waals surface area contributed by atoms with Gasteiger partial charge >= 0.3 is 6.61 Å². The van der Waals surface area contributed by atoms with Crippen LogP contribution in [-0.2, 0) is 11.2 Å². The summed E-state index contributed by atoms with van der Waals surface area (Å²) in [5, 5.41) is 2.75. The van der Waals surface area contributed by atoms with E-state index in [1.807, 2.05) is 13.0 Å². The molecule has 4 nitrogen and oxygen atoms in total. The monoisotopic (exact) mass is 389 g/mol. The van der Waals surface area contributed by atoms with Gasteiger partial charge in [0.25, 0.3) is 5.91 Å². The Hall–Kier alpha value is -2.47. The number of hydrogen-bond donors (Lipinski definition) is 2. The molecule has 0 saturated carbocycles. The lowest BCUT2D eigenvalue weighted by Gasteiger charge is -2.32. The number of piperidine rings is 1. The van der Waals surface area contributed by atoms with Crippen molar-refractivity contribution in [3.05, 3.63) is 60.2 Å². The Bertz CT molecular complexity index is 762. The molecule has 0 spiro atoms. The van der Waals surface area contributed by atoms with Crippen LogP contribution in [0.1, 0.15) is 25.3 Å². The first-order valence-corrected chi connectivity index (χ1v) is 9.76. The Morgan fingerprint density at radius 3 is 2.43 bits per heavy atom. The summed E-state index contributed by atoms with van der Waals surface area (Å²) in [5.41, 5.74) is 1.63. The van der Waals surface area contributed by atoms with Crippen LogP contribution in [0.2, 0.25) is 0 Å². The first kappa shape index (κ1) is 20.3. The number of halogens is 2. The third-order valence-electron chi connectivity index (χ3n) is 5.48. The van der Waals surface area contributed by atoms with E-state index in [-0.39, 0.29) is 23.4 Å². The van der Waals surface area contributed by atoms with Gasteiger partial charge in [0, 0.05) is 0 Å². The molecule has 1 aliphatic heterocycles. The molecule has 1 atom stereocenters. The van der Waals surface area contributed by atoms with E-state index in [1.165, 1.54) is 16.5 Å². The third-order valence-corrected chi connectivity index (χ3v) is 5.48. The molecule has 0 unspecified atom stereocenters. The number of para-hydroxylation sites is 2. The van der Waals surface area contributed by atoms with Crippen molar-refractivity contribution in [2.75, 3.05) is 18.4 Å². The molecule has 2 aromatic carbocycles. The molecule has 1 heterocycles. The van der Waals surface area contributed by atoms with Gasteiger partial charge in [0.05, 0.1) is 18.8 Å². The average molecular weight is 389 g/mol. The summed E-state index contributed by atoms with van der Waals surface area (Å²) in [4.78, 5) is 13.9. The fraction of sp³-hybridized carbons (Fsp3) is 0.409. The Morgan fingerprint density at radius 2 is 1.75 bits per heavy atom. The molecular formula is C22H27F2N2O2+. The van der Waals surface area contributed by atoms with Gasteiger partial charge in [0.1, 0.15) is 5.75 Å². The van der Waals surface area contributed by atoms with E-state index in [2.05, 4.69) is 34.3 Å².